The molecule has 2 aromatic carbocycles. The lowest BCUT2D eigenvalue weighted by atomic mass is 9.87. The monoisotopic (exact) mass is 355 g/mol. The second-order valence-corrected chi connectivity index (χ2v) is 7.20. The number of hydrogen-bond donors (Lipinski definition) is 1. The van der Waals surface area contributed by atoms with E-state index >= 15 is 0 Å². The summed E-state index contributed by atoms with van der Waals surface area (Å²) < 4.78 is 1.96. The van der Waals surface area contributed by atoms with E-state index in [-0.39, 0.29) is 5.75 Å². The quantitative estimate of drug-likeness (QED) is 0.552. The molecule has 4 nitrogen and oxygen atoms in total. The van der Waals surface area contributed by atoms with Gasteiger partial charge in [0.05, 0.1) is 16.8 Å². The third-order valence-corrected chi connectivity index (χ3v) is 5.42. The van der Waals surface area contributed by atoms with Gasteiger partial charge in [-0.05, 0) is 73.6 Å². The molecule has 27 heavy (non-hydrogen) atoms. The number of aryl methyl sites for hydroxylation is 2. The third-order valence-electron chi connectivity index (χ3n) is 5.42. The van der Waals surface area contributed by atoms with Gasteiger partial charge in [0, 0.05) is 5.69 Å². The Bertz CT molecular complexity index is 1130. The van der Waals surface area contributed by atoms with Gasteiger partial charge in [-0.3, -0.25) is 0 Å². The second kappa shape index (κ2) is 6.23. The first-order chi connectivity index (χ1) is 13.2. The number of aromatic hydroxyl groups is 1. The molecule has 0 unspecified atom stereocenters. The number of benzene rings is 2. The average molecular weight is 355 g/mol. The van der Waals surface area contributed by atoms with Gasteiger partial charge in [-0.25, -0.2) is 9.67 Å². The first kappa shape index (κ1) is 16.1. The Morgan fingerprint density at radius 3 is 2.44 bits per heavy atom. The molecule has 4 heteroatoms. The van der Waals surface area contributed by atoms with Crippen molar-refractivity contribution in [2.75, 3.05) is 0 Å². The van der Waals surface area contributed by atoms with Gasteiger partial charge in [0.1, 0.15) is 5.75 Å². The smallest absolute Gasteiger partial charge is 0.164 e. The molecule has 5 rings (SSSR count). The van der Waals surface area contributed by atoms with E-state index in [1.165, 1.54) is 29.7 Å². The molecule has 0 saturated carbocycles. The van der Waals surface area contributed by atoms with Gasteiger partial charge in [-0.1, -0.05) is 30.3 Å². The number of fused-ring (bicyclic) bond motifs is 2. The molecule has 1 N–H and O–H groups in total. The fraction of sp³-hybridized carbons (Fsp3) is 0.217. The Hall–Kier alpha value is -3.14. The Morgan fingerprint density at radius 2 is 1.67 bits per heavy atom. The van der Waals surface area contributed by atoms with Crippen LogP contribution in [-0.4, -0.2) is 19.9 Å². The number of nitrogens with zero attached hydrogens (tertiary/aromatic N) is 3. The summed E-state index contributed by atoms with van der Waals surface area (Å²) in [5.74, 6) is 0.287. The van der Waals surface area contributed by atoms with E-state index in [0.29, 0.717) is 0 Å². The maximum atomic E-state index is 9.73. The molecule has 2 heterocycles. The van der Waals surface area contributed by atoms with Gasteiger partial charge in [0.25, 0.3) is 0 Å². The third kappa shape index (κ3) is 2.60. The topological polar surface area (TPSA) is 50.9 Å². The largest absolute Gasteiger partial charge is 0.508 e. The number of para-hydroxylation sites is 1. The SMILES string of the molecule is Cc1nn(-c2ccccc2)c2nc3c(c(-c4ccc(O)cc4)c12)CCCC3. The molecular formula is C23H21N3O. The number of rotatable bonds is 2. The Labute approximate surface area is 158 Å². The van der Waals surface area contributed by atoms with Crippen LogP contribution in [0.1, 0.15) is 29.8 Å². The fourth-order valence-corrected chi connectivity index (χ4v) is 4.17. The predicted octanol–water partition coefficient (Wildman–Crippen LogP) is 4.98. The van der Waals surface area contributed by atoms with Crippen molar-refractivity contribution in [3.8, 4) is 22.6 Å². The van der Waals surface area contributed by atoms with Crippen molar-refractivity contribution in [1.29, 1.82) is 0 Å². The molecular weight excluding hydrogens is 334 g/mol. The van der Waals surface area contributed by atoms with Gasteiger partial charge in [-0.15, -0.1) is 0 Å². The van der Waals surface area contributed by atoms with Crippen molar-refractivity contribution in [3.63, 3.8) is 0 Å². The van der Waals surface area contributed by atoms with Gasteiger partial charge >= 0.3 is 0 Å². The lowest BCUT2D eigenvalue weighted by molar-refractivity contribution is 0.475. The van der Waals surface area contributed by atoms with Crippen molar-refractivity contribution in [2.45, 2.75) is 32.6 Å². The molecule has 0 radical (unpaired) electrons. The summed E-state index contributed by atoms with van der Waals surface area (Å²) in [6.45, 7) is 2.06. The fourth-order valence-electron chi connectivity index (χ4n) is 4.17. The molecule has 0 atom stereocenters. The Morgan fingerprint density at radius 1 is 0.926 bits per heavy atom. The van der Waals surface area contributed by atoms with E-state index in [0.717, 1.165) is 40.8 Å². The number of pyridine rings is 1. The molecule has 2 aromatic heterocycles. The number of phenols is 1. The maximum absolute atomic E-state index is 9.73. The van der Waals surface area contributed by atoms with E-state index in [4.69, 9.17) is 10.1 Å². The zero-order valence-corrected chi connectivity index (χ0v) is 15.3. The van der Waals surface area contributed by atoms with E-state index in [1.54, 1.807) is 12.1 Å². The first-order valence-electron chi connectivity index (χ1n) is 9.48. The van der Waals surface area contributed by atoms with Crippen molar-refractivity contribution < 1.29 is 5.11 Å². The highest BCUT2D eigenvalue weighted by atomic mass is 16.3. The molecule has 0 spiro atoms. The summed E-state index contributed by atoms with van der Waals surface area (Å²) >= 11 is 0. The van der Waals surface area contributed by atoms with Crippen LogP contribution in [0.15, 0.2) is 54.6 Å². The van der Waals surface area contributed by atoms with Crippen LogP contribution >= 0.6 is 0 Å². The molecule has 0 bridgehead atoms. The molecule has 1 aliphatic rings. The van der Waals surface area contributed by atoms with Gasteiger partial charge in [-0.2, -0.15) is 5.10 Å². The van der Waals surface area contributed by atoms with Crippen molar-refractivity contribution >= 4 is 11.0 Å². The molecule has 0 fully saturated rings. The molecule has 0 amide bonds. The van der Waals surface area contributed by atoms with Gasteiger partial charge in [0.2, 0.25) is 0 Å². The van der Waals surface area contributed by atoms with Crippen LogP contribution in [0.3, 0.4) is 0 Å². The predicted molar refractivity (Wildman–Crippen MR) is 107 cm³/mol. The van der Waals surface area contributed by atoms with E-state index in [9.17, 15) is 5.11 Å². The highest BCUT2D eigenvalue weighted by Gasteiger charge is 2.23. The summed E-state index contributed by atoms with van der Waals surface area (Å²) in [5, 5.41) is 15.7. The van der Waals surface area contributed by atoms with Crippen LogP contribution in [0.25, 0.3) is 27.8 Å². The van der Waals surface area contributed by atoms with Crippen LogP contribution in [0.4, 0.5) is 0 Å². The minimum absolute atomic E-state index is 0.287. The van der Waals surface area contributed by atoms with E-state index in [2.05, 4.69) is 19.1 Å². The summed E-state index contributed by atoms with van der Waals surface area (Å²) in [7, 11) is 0. The van der Waals surface area contributed by atoms with E-state index in [1.807, 2.05) is 35.0 Å². The standard InChI is InChI=1S/C23H21N3O/c1-15-21-22(16-11-13-18(27)14-12-16)19-9-5-6-10-20(19)24-23(21)26(25-15)17-7-3-2-4-8-17/h2-4,7-8,11-14,27H,5-6,9-10H2,1H3. The van der Waals surface area contributed by atoms with Crippen LogP contribution in [-0.2, 0) is 12.8 Å². The first-order valence-corrected chi connectivity index (χ1v) is 9.48. The van der Waals surface area contributed by atoms with E-state index < -0.39 is 0 Å². The minimum atomic E-state index is 0.287. The molecule has 1 aliphatic carbocycles. The Balaban J connectivity index is 1.87. The second-order valence-electron chi connectivity index (χ2n) is 7.20. The zero-order valence-electron chi connectivity index (χ0n) is 15.3. The van der Waals surface area contributed by atoms with Gasteiger partial charge < -0.3 is 5.11 Å². The van der Waals surface area contributed by atoms with Crippen LogP contribution in [0.2, 0.25) is 0 Å². The Kier molecular flexibility index (Phi) is 3.71. The normalized spacial score (nSPS) is 13.7. The van der Waals surface area contributed by atoms with Crippen molar-refractivity contribution in [2.24, 2.45) is 0 Å². The van der Waals surface area contributed by atoms with Gasteiger partial charge in [0.15, 0.2) is 5.65 Å². The van der Waals surface area contributed by atoms with Crippen LogP contribution in [0, 0.1) is 6.92 Å². The number of phenolic OH excluding ortho intramolecular Hbond substituents is 1. The molecule has 4 aromatic rings. The molecule has 134 valence electrons. The highest BCUT2D eigenvalue weighted by Crippen LogP contribution is 2.39. The zero-order chi connectivity index (χ0) is 18.4. The summed E-state index contributed by atoms with van der Waals surface area (Å²) in [5.41, 5.74) is 7.81. The average Bonchev–Trinajstić information content (AvgIpc) is 3.04. The van der Waals surface area contributed by atoms with Crippen LogP contribution < -0.4 is 0 Å². The summed E-state index contributed by atoms with van der Waals surface area (Å²) in [6, 6.07) is 17.7. The molecule has 0 aliphatic heterocycles. The van der Waals surface area contributed by atoms with Crippen molar-refractivity contribution in [3.05, 3.63) is 71.5 Å². The minimum Gasteiger partial charge on any atom is -0.508 e. The summed E-state index contributed by atoms with van der Waals surface area (Å²) in [4.78, 5) is 5.07. The number of hydrogen-bond acceptors (Lipinski definition) is 3. The summed E-state index contributed by atoms with van der Waals surface area (Å²) in [6.07, 6.45) is 4.43. The highest BCUT2D eigenvalue weighted by molar-refractivity contribution is 5.97. The molecule has 0 saturated heterocycles. The maximum Gasteiger partial charge on any atom is 0.164 e. The van der Waals surface area contributed by atoms with Crippen molar-refractivity contribution in [1.82, 2.24) is 14.8 Å². The lowest BCUT2D eigenvalue weighted by Gasteiger charge is -2.20. The number of aromatic nitrogens is 3. The van der Waals surface area contributed by atoms with Crippen LogP contribution in [0.5, 0.6) is 5.75 Å². The lowest BCUT2D eigenvalue weighted by Crippen LogP contribution is -2.09.